The Morgan fingerprint density at radius 3 is 2.31 bits per heavy atom. The minimum Gasteiger partial charge on any atom is -0.497 e. The average molecular weight is 677 g/mol. The first kappa shape index (κ1) is 35.1. The minimum absolute atomic E-state index is 0.00719. The molecular formula is C36H39F3N6O4. The second-order valence-electron chi connectivity index (χ2n) is 11.8. The molecule has 13 heteroatoms. The summed E-state index contributed by atoms with van der Waals surface area (Å²) in [5.74, 6) is -0.171. The Hall–Kier alpha value is -5.17. The van der Waals surface area contributed by atoms with Crippen molar-refractivity contribution in [2.45, 2.75) is 50.9 Å². The molecule has 49 heavy (non-hydrogen) atoms. The van der Waals surface area contributed by atoms with E-state index in [1.807, 2.05) is 24.3 Å². The third kappa shape index (κ3) is 9.47. The van der Waals surface area contributed by atoms with E-state index in [1.165, 1.54) is 5.56 Å². The molecule has 2 aromatic heterocycles. The topological polar surface area (TPSA) is 134 Å². The maximum absolute atomic E-state index is 13.6. The molecule has 1 aliphatic rings. The summed E-state index contributed by atoms with van der Waals surface area (Å²) in [4.78, 5) is 25.9. The number of aromatic amines is 1. The Labute approximate surface area is 281 Å². The van der Waals surface area contributed by atoms with Crippen molar-refractivity contribution in [1.29, 1.82) is 0 Å². The van der Waals surface area contributed by atoms with Gasteiger partial charge in [0.05, 0.1) is 19.7 Å². The fourth-order valence-electron chi connectivity index (χ4n) is 5.88. The van der Waals surface area contributed by atoms with Crippen molar-refractivity contribution in [3.63, 3.8) is 0 Å². The largest absolute Gasteiger partial charge is 0.497 e. The number of aryl methyl sites for hydroxylation is 2. The fourth-order valence-corrected chi connectivity index (χ4v) is 5.88. The lowest BCUT2D eigenvalue weighted by molar-refractivity contribution is -0.192. The zero-order valence-electron chi connectivity index (χ0n) is 27.0. The van der Waals surface area contributed by atoms with Crippen LogP contribution < -0.4 is 15.4 Å². The first-order valence-corrected chi connectivity index (χ1v) is 16.1. The molecule has 0 bridgehead atoms. The lowest BCUT2D eigenvalue weighted by Gasteiger charge is -2.26. The van der Waals surface area contributed by atoms with Gasteiger partial charge in [0.15, 0.2) is 5.82 Å². The van der Waals surface area contributed by atoms with Crippen LogP contribution in [0.4, 0.5) is 13.2 Å². The molecule has 1 amide bonds. The second-order valence-corrected chi connectivity index (χ2v) is 11.8. The lowest BCUT2D eigenvalue weighted by Crippen LogP contribution is -2.41. The maximum atomic E-state index is 13.6. The molecule has 1 fully saturated rings. The quantitative estimate of drug-likeness (QED) is 0.142. The molecule has 0 unspecified atom stereocenters. The number of halogens is 3. The minimum atomic E-state index is -5.08. The van der Waals surface area contributed by atoms with Gasteiger partial charge in [0.25, 0.3) is 0 Å². The molecule has 0 saturated carbocycles. The highest BCUT2D eigenvalue weighted by Crippen LogP contribution is 2.27. The summed E-state index contributed by atoms with van der Waals surface area (Å²) in [6.07, 6.45) is 0.860. The fraction of sp³-hybridized carbons (Fsp3) is 0.333. The van der Waals surface area contributed by atoms with Crippen LogP contribution in [0.3, 0.4) is 0 Å². The van der Waals surface area contributed by atoms with E-state index in [1.54, 1.807) is 7.11 Å². The first-order valence-electron chi connectivity index (χ1n) is 16.1. The van der Waals surface area contributed by atoms with Crippen molar-refractivity contribution in [3.05, 3.63) is 113 Å². The molecule has 3 heterocycles. The summed E-state index contributed by atoms with van der Waals surface area (Å²) in [5, 5.41) is 24.5. The number of fused-ring (bicyclic) bond motifs is 1. The van der Waals surface area contributed by atoms with E-state index in [0.29, 0.717) is 13.0 Å². The van der Waals surface area contributed by atoms with E-state index in [9.17, 15) is 18.0 Å². The van der Waals surface area contributed by atoms with E-state index in [2.05, 4.69) is 81.0 Å². The van der Waals surface area contributed by atoms with E-state index in [4.69, 9.17) is 24.8 Å². The van der Waals surface area contributed by atoms with Crippen LogP contribution in [0.1, 0.15) is 47.2 Å². The molecule has 1 atom stereocenters. The van der Waals surface area contributed by atoms with Crippen LogP contribution >= 0.6 is 0 Å². The van der Waals surface area contributed by atoms with Crippen LogP contribution in [0.15, 0.2) is 85.1 Å². The molecule has 3 aromatic carbocycles. The summed E-state index contributed by atoms with van der Waals surface area (Å²) in [6.45, 7) is 2.33. The number of piperidine rings is 1. The third-order valence-corrected chi connectivity index (χ3v) is 8.52. The summed E-state index contributed by atoms with van der Waals surface area (Å²) < 4.78 is 39.3. The predicted octanol–water partition coefficient (Wildman–Crippen LogP) is 5.63. The molecule has 4 N–H and O–H groups in total. The number of carboxylic acid groups (broad SMARTS) is 1. The summed E-state index contributed by atoms with van der Waals surface area (Å²) in [5.41, 5.74) is 4.60. The molecule has 258 valence electrons. The van der Waals surface area contributed by atoms with Gasteiger partial charge in [0, 0.05) is 35.9 Å². The van der Waals surface area contributed by atoms with Crippen molar-refractivity contribution in [3.8, 4) is 5.75 Å². The van der Waals surface area contributed by atoms with Crippen molar-refractivity contribution in [2.24, 2.45) is 5.92 Å². The van der Waals surface area contributed by atoms with Gasteiger partial charge >= 0.3 is 12.1 Å². The number of nitrogens with zero attached hydrogens (tertiary/aromatic N) is 3. The summed E-state index contributed by atoms with van der Waals surface area (Å²) in [7, 11) is 1.68. The van der Waals surface area contributed by atoms with Crippen molar-refractivity contribution in [1.82, 2.24) is 30.4 Å². The van der Waals surface area contributed by atoms with Gasteiger partial charge < -0.3 is 30.0 Å². The monoisotopic (exact) mass is 676 g/mol. The number of carboxylic acids is 1. The van der Waals surface area contributed by atoms with Crippen LogP contribution in [0.5, 0.6) is 5.75 Å². The molecule has 0 aliphatic carbocycles. The van der Waals surface area contributed by atoms with Gasteiger partial charge in [-0.05, 0) is 67.2 Å². The lowest BCUT2D eigenvalue weighted by atomic mass is 9.96. The molecule has 0 spiro atoms. The Morgan fingerprint density at radius 1 is 0.959 bits per heavy atom. The molecular weight excluding hydrogens is 637 g/mol. The highest BCUT2D eigenvalue weighted by atomic mass is 19.4. The van der Waals surface area contributed by atoms with Crippen molar-refractivity contribution in [2.75, 3.05) is 20.2 Å². The number of para-hydroxylation sites is 1. The molecule has 10 nitrogen and oxygen atoms in total. The molecule has 1 saturated heterocycles. The Bertz CT molecular complexity index is 1820. The number of hydrogen-bond acceptors (Lipinski definition) is 6. The summed E-state index contributed by atoms with van der Waals surface area (Å²) in [6, 6.07) is 26.5. The van der Waals surface area contributed by atoms with E-state index in [-0.39, 0.29) is 17.9 Å². The van der Waals surface area contributed by atoms with Crippen LogP contribution in [0.25, 0.3) is 10.9 Å². The summed E-state index contributed by atoms with van der Waals surface area (Å²) >= 11 is 0. The number of methoxy groups -OCH3 is 1. The normalized spacial score (nSPS) is 14.1. The van der Waals surface area contributed by atoms with Crippen LogP contribution in [-0.4, -0.2) is 63.1 Å². The number of benzene rings is 3. The number of ether oxygens (including phenoxy) is 1. The number of carbonyl (C=O) groups is 2. The number of amides is 1. The number of carbonyl (C=O) groups excluding carboxylic acids is 1. The predicted molar refractivity (Wildman–Crippen MR) is 178 cm³/mol. The molecule has 1 aliphatic heterocycles. The van der Waals surface area contributed by atoms with Gasteiger partial charge in [-0.25, -0.2) is 4.79 Å². The zero-order chi connectivity index (χ0) is 34.8. The van der Waals surface area contributed by atoms with Crippen molar-refractivity contribution >= 4 is 22.8 Å². The smallest absolute Gasteiger partial charge is 0.490 e. The van der Waals surface area contributed by atoms with Gasteiger partial charge in [-0.1, -0.05) is 60.7 Å². The van der Waals surface area contributed by atoms with Crippen LogP contribution in [0, 0.1) is 5.92 Å². The highest BCUT2D eigenvalue weighted by Gasteiger charge is 2.38. The highest BCUT2D eigenvalue weighted by molar-refractivity contribution is 5.83. The second kappa shape index (κ2) is 16.3. The number of alkyl halides is 3. The van der Waals surface area contributed by atoms with E-state index < -0.39 is 12.1 Å². The number of hydrogen-bond donors (Lipinski definition) is 4. The Kier molecular flexibility index (Phi) is 11.7. The van der Waals surface area contributed by atoms with E-state index >= 15 is 0 Å². The average Bonchev–Trinajstić information content (AvgIpc) is 3.71. The number of nitrogens with one attached hydrogen (secondary N) is 3. The van der Waals surface area contributed by atoms with Gasteiger partial charge in [0.1, 0.15) is 11.6 Å². The molecule has 5 aromatic rings. The number of rotatable bonds is 11. The maximum Gasteiger partial charge on any atom is 0.490 e. The number of H-pyrrole nitrogens is 1. The third-order valence-electron chi connectivity index (χ3n) is 8.52. The molecule has 0 radical (unpaired) electrons. The zero-order valence-corrected chi connectivity index (χ0v) is 27.0. The van der Waals surface area contributed by atoms with Crippen LogP contribution in [-0.2, 0) is 35.4 Å². The van der Waals surface area contributed by atoms with Gasteiger partial charge in [-0.2, -0.15) is 13.2 Å². The standard InChI is InChI=1S/C34H38N6O2.C2HF3O2/c1-42-28-14-11-25(12-15-28)23-40-32(16-13-24-7-3-2-4-8-24)38-39-33(40)31(37-34(41)26-17-19-35-20-18-26)21-27-22-36-30-10-6-5-9-29(27)30;3-2(4,5)1(6)7/h2-12,14-15,22,26,31,35-36H,13,16-21,23H2,1H3,(H,37,41);(H,6,7)/t31-;/m1./s1. The molecule has 6 rings (SSSR count). The Balaban J connectivity index is 0.000000606. The first-order chi connectivity index (χ1) is 23.6. The van der Waals surface area contributed by atoms with Gasteiger partial charge in [-0.3, -0.25) is 4.79 Å². The van der Waals surface area contributed by atoms with Crippen molar-refractivity contribution < 1.29 is 32.6 Å². The van der Waals surface area contributed by atoms with E-state index in [0.717, 1.165) is 78.2 Å². The number of aromatic nitrogens is 4. The van der Waals surface area contributed by atoms with Gasteiger partial charge in [0.2, 0.25) is 5.91 Å². The Morgan fingerprint density at radius 2 is 1.63 bits per heavy atom. The van der Waals surface area contributed by atoms with Crippen LogP contribution in [0.2, 0.25) is 0 Å². The SMILES string of the molecule is COc1ccc(Cn2c(CCc3ccccc3)nnc2[C@@H](Cc2c[nH]c3ccccc23)NC(=O)C2CCNCC2)cc1.O=C(O)C(F)(F)F. The number of aliphatic carboxylic acids is 1. The van der Waals surface area contributed by atoms with Gasteiger partial charge in [-0.15, -0.1) is 10.2 Å².